The van der Waals surface area contributed by atoms with Crippen LogP contribution in [-0.2, 0) is 4.74 Å². The van der Waals surface area contributed by atoms with Crippen LogP contribution in [0.3, 0.4) is 0 Å². The van der Waals surface area contributed by atoms with Gasteiger partial charge in [-0.05, 0) is 31.6 Å². The van der Waals surface area contributed by atoms with E-state index in [9.17, 15) is 0 Å². The molecule has 0 aromatic carbocycles. The van der Waals surface area contributed by atoms with Crippen molar-refractivity contribution in [2.45, 2.75) is 70.4 Å². The van der Waals surface area contributed by atoms with Crippen LogP contribution in [0.2, 0.25) is 0 Å². The van der Waals surface area contributed by atoms with E-state index in [-0.39, 0.29) is 0 Å². The van der Waals surface area contributed by atoms with Crippen molar-refractivity contribution in [3.05, 3.63) is 0 Å². The molecule has 1 saturated carbocycles. The largest absolute Gasteiger partial charge is 0.378 e. The molecule has 2 aliphatic rings. The fourth-order valence-corrected chi connectivity index (χ4v) is 3.57. The molecule has 0 amide bonds. The van der Waals surface area contributed by atoms with Crippen LogP contribution in [0.4, 0.5) is 0 Å². The molecule has 0 bridgehead atoms. The van der Waals surface area contributed by atoms with Crippen molar-refractivity contribution < 1.29 is 4.74 Å². The van der Waals surface area contributed by atoms with Gasteiger partial charge in [-0.1, -0.05) is 32.6 Å². The van der Waals surface area contributed by atoms with Crippen molar-refractivity contribution >= 4 is 0 Å². The topological polar surface area (TPSA) is 35.2 Å². The smallest absolute Gasteiger partial charge is 0.0616 e. The first-order valence-electron chi connectivity index (χ1n) is 7.20. The first-order valence-corrected chi connectivity index (χ1v) is 7.20. The average molecular weight is 225 g/mol. The second kappa shape index (κ2) is 6.02. The van der Waals surface area contributed by atoms with Crippen LogP contribution >= 0.6 is 0 Å². The quantitative estimate of drug-likeness (QED) is 0.749. The van der Waals surface area contributed by atoms with E-state index in [1.807, 2.05) is 0 Å². The lowest BCUT2D eigenvalue weighted by Gasteiger charge is -2.30. The monoisotopic (exact) mass is 225 g/mol. The van der Waals surface area contributed by atoms with Gasteiger partial charge in [-0.15, -0.1) is 0 Å². The molecule has 1 saturated heterocycles. The summed E-state index contributed by atoms with van der Waals surface area (Å²) in [5.41, 5.74) is 6.51. The van der Waals surface area contributed by atoms with Gasteiger partial charge in [0.15, 0.2) is 0 Å². The van der Waals surface area contributed by atoms with Crippen molar-refractivity contribution in [3.8, 4) is 0 Å². The Hall–Kier alpha value is -0.0800. The van der Waals surface area contributed by atoms with Gasteiger partial charge in [0.2, 0.25) is 0 Å². The molecule has 1 aliphatic carbocycles. The standard InChI is InChI=1S/C14H27NO/c1-2-13-12(9-10-16-13)14(15)11-7-5-3-4-6-8-11/h11-14H,2-10,15H2,1H3. The van der Waals surface area contributed by atoms with E-state index in [1.54, 1.807) is 0 Å². The van der Waals surface area contributed by atoms with E-state index in [4.69, 9.17) is 10.5 Å². The summed E-state index contributed by atoms with van der Waals surface area (Å²) < 4.78 is 5.78. The highest BCUT2D eigenvalue weighted by Gasteiger charge is 2.35. The maximum atomic E-state index is 6.51. The van der Waals surface area contributed by atoms with E-state index >= 15 is 0 Å². The molecule has 1 aliphatic heterocycles. The Bertz CT molecular complexity index is 199. The molecule has 0 aromatic rings. The predicted molar refractivity (Wildman–Crippen MR) is 67.3 cm³/mol. The van der Waals surface area contributed by atoms with Gasteiger partial charge in [0.1, 0.15) is 0 Å². The van der Waals surface area contributed by atoms with Crippen LogP contribution in [0, 0.1) is 11.8 Å². The summed E-state index contributed by atoms with van der Waals surface area (Å²) in [5, 5.41) is 0. The fourth-order valence-electron chi connectivity index (χ4n) is 3.57. The summed E-state index contributed by atoms with van der Waals surface area (Å²) in [4.78, 5) is 0. The van der Waals surface area contributed by atoms with Crippen molar-refractivity contribution in [2.75, 3.05) is 6.61 Å². The molecule has 2 N–H and O–H groups in total. The molecule has 2 heteroatoms. The van der Waals surface area contributed by atoms with E-state index in [0.717, 1.165) is 18.9 Å². The summed E-state index contributed by atoms with van der Waals surface area (Å²) >= 11 is 0. The van der Waals surface area contributed by atoms with Crippen LogP contribution in [0.1, 0.15) is 58.3 Å². The zero-order valence-corrected chi connectivity index (χ0v) is 10.7. The predicted octanol–water partition coefficient (Wildman–Crippen LogP) is 3.10. The number of rotatable bonds is 3. The van der Waals surface area contributed by atoms with Gasteiger partial charge < -0.3 is 10.5 Å². The minimum atomic E-state index is 0.394. The molecule has 1 heterocycles. The summed E-state index contributed by atoms with van der Waals surface area (Å²) in [5.74, 6) is 1.40. The summed E-state index contributed by atoms with van der Waals surface area (Å²) in [6, 6.07) is 0.394. The lowest BCUT2D eigenvalue weighted by molar-refractivity contribution is 0.0738. The lowest BCUT2D eigenvalue weighted by atomic mass is 9.80. The Morgan fingerprint density at radius 1 is 1.12 bits per heavy atom. The molecular formula is C14H27NO. The molecule has 2 nitrogen and oxygen atoms in total. The maximum Gasteiger partial charge on any atom is 0.0616 e. The normalized spacial score (nSPS) is 34.9. The highest BCUT2D eigenvalue weighted by molar-refractivity contribution is 4.88. The fraction of sp³-hybridized carbons (Fsp3) is 1.00. The van der Waals surface area contributed by atoms with Crippen LogP contribution in [0.15, 0.2) is 0 Å². The lowest BCUT2D eigenvalue weighted by Crippen LogP contribution is -2.41. The molecule has 94 valence electrons. The molecule has 0 aromatic heterocycles. The number of nitrogens with two attached hydrogens (primary N) is 1. The van der Waals surface area contributed by atoms with Crippen molar-refractivity contribution in [3.63, 3.8) is 0 Å². The third kappa shape index (κ3) is 2.78. The molecule has 16 heavy (non-hydrogen) atoms. The molecule has 3 unspecified atom stereocenters. The Balaban J connectivity index is 1.91. The van der Waals surface area contributed by atoms with Gasteiger partial charge in [0.25, 0.3) is 0 Å². The van der Waals surface area contributed by atoms with E-state index in [1.165, 1.54) is 44.9 Å². The molecule has 3 atom stereocenters. The van der Waals surface area contributed by atoms with Gasteiger partial charge >= 0.3 is 0 Å². The summed E-state index contributed by atoms with van der Waals surface area (Å²) in [7, 11) is 0. The zero-order valence-electron chi connectivity index (χ0n) is 10.7. The zero-order chi connectivity index (χ0) is 11.4. The van der Waals surface area contributed by atoms with Crippen molar-refractivity contribution in [2.24, 2.45) is 17.6 Å². The van der Waals surface area contributed by atoms with E-state index < -0.39 is 0 Å². The minimum Gasteiger partial charge on any atom is -0.378 e. The highest BCUT2D eigenvalue weighted by atomic mass is 16.5. The Kier molecular flexibility index (Phi) is 4.66. The molecule has 2 fully saturated rings. The highest BCUT2D eigenvalue weighted by Crippen LogP contribution is 2.34. The van der Waals surface area contributed by atoms with Gasteiger partial charge in [-0.2, -0.15) is 0 Å². The first-order chi connectivity index (χ1) is 7.83. The van der Waals surface area contributed by atoms with Crippen molar-refractivity contribution in [1.29, 1.82) is 0 Å². The Morgan fingerprint density at radius 2 is 1.81 bits per heavy atom. The second-order valence-corrected chi connectivity index (χ2v) is 5.60. The van der Waals surface area contributed by atoms with E-state index in [2.05, 4.69) is 6.92 Å². The van der Waals surface area contributed by atoms with Gasteiger partial charge in [0.05, 0.1) is 6.10 Å². The number of hydrogen-bond donors (Lipinski definition) is 1. The van der Waals surface area contributed by atoms with Gasteiger partial charge in [-0.25, -0.2) is 0 Å². The minimum absolute atomic E-state index is 0.394. The molecular weight excluding hydrogens is 198 g/mol. The molecule has 0 radical (unpaired) electrons. The van der Waals surface area contributed by atoms with Crippen LogP contribution in [0.25, 0.3) is 0 Å². The second-order valence-electron chi connectivity index (χ2n) is 5.60. The van der Waals surface area contributed by atoms with Gasteiger partial charge in [0, 0.05) is 18.6 Å². The molecule has 0 spiro atoms. The molecule has 2 rings (SSSR count). The summed E-state index contributed by atoms with van der Waals surface area (Å²) in [6.45, 7) is 3.16. The van der Waals surface area contributed by atoms with Crippen LogP contribution in [0.5, 0.6) is 0 Å². The first kappa shape index (κ1) is 12.4. The average Bonchev–Trinajstić information content (AvgIpc) is 2.61. The SMILES string of the molecule is CCC1OCCC1C(N)C1CCCCCC1. The van der Waals surface area contributed by atoms with Crippen molar-refractivity contribution in [1.82, 2.24) is 0 Å². The van der Waals surface area contributed by atoms with Crippen LogP contribution in [-0.4, -0.2) is 18.8 Å². The Morgan fingerprint density at radius 3 is 2.44 bits per heavy atom. The maximum absolute atomic E-state index is 6.51. The number of hydrogen-bond acceptors (Lipinski definition) is 2. The van der Waals surface area contributed by atoms with E-state index in [0.29, 0.717) is 18.1 Å². The van der Waals surface area contributed by atoms with Gasteiger partial charge in [-0.3, -0.25) is 0 Å². The number of ether oxygens (including phenoxy) is 1. The third-order valence-electron chi connectivity index (χ3n) is 4.60. The van der Waals surface area contributed by atoms with Crippen LogP contribution < -0.4 is 5.73 Å². The third-order valence-corrected chi connectivity index (χ3v) is 4.60. The Labute approximate surface area is 99.9 Å². The summed E-state index contributed by atoms with van der Waals surface area (Å²) in [6.07, 6.45) is 11.1.